The first-order valence-electron chi connectivity index (χ1n) is 7.02. The zero-order valence-corrected chi connectivity index (χ0v) is 11.6. The highest BCUT2D eigenvalue weighted by molar-refractivity contribution is 5.12. The van der Waals surface area contributed by atoms with E-state index in [0.29, 0.717) is 0 Å². The number of aryl methyl sites for hydroxylation is 2. The second kappa shape index (κ2) is 8.21. The molecule has 0 radical (unpaired) electrons. The Labute approximate surface area is 106 Å². The van der Waals surface area contributed by atoms with Crippen LogP contribution in [0.5, 0.6) is 0 Å². The summed E-state index contributed by atoms with van der Waals surface area (Å²) in [4.78, 5) is 0. The van der Waals surface area contributed by atoms with Crippen LogP contribution < -0.4 is 0 Å². The number of hydrogen-bond donors (Lipinski definition) is 0. The van der Waals surface area contributed by atoms with Crippen molar-refractivity contribution in [3.05, 3.63) is 23.5 Å². The Hall–Kier alpha value is -0.920. The molecular weight excluding hydrogens is 208 g/mol. The Morgan fingerprint density at radius 3 is 2.65 bits per heavy atom. The second-order valence-corrected chi connectivity index (χ2v) is 5.30. The summed E-state index contributed by atoms with van der Waals surface area (Å²) in [6, 6.07) is 2.22. The lowest BCUT2D eigenvalue weighted by Crippen LogP contribution is -1.96. The lowest BCUT2D eigenvalue weighted by Gasteiger charge is -2.04. The van der Waals surface area contributed by atoms with Crippen molar-refractivity contribution in [3.63, 3.8) is 0 Å². The van der Waals surface area contributed by atoms with Crippen molar-refractivity contribution in [3.8, 4) is 0 Å². The Morgan fingerprint density at radius 2 is 1.94 bits per heavy atom. The minimum atomic E-state index is 0.836. The number of rotatable bonds is 8. The summed E-state index contributed by atoms with van der Waals surface area (Å²) < 4.78 is 0. The van der Waals surface area contributed by atoms with Gasteiger partial charge >= 0.3 is 0 Å². The number of nitrogens with zero attached hydrogens (tertiary/aromatic N) is 2. The van der Waals surface area contributed by atoms with Gasteiger partial charge in [0.15, 0.2) is 0 Å². The highest BCUT2D eigenvalue weighted by Crippen LogP contribution is 2.11. The van der Waals surface area contributed by atoms with Crippen molar-refractivity contribution >= 4 is 0 Å². The van der Waals surface area contributed by atoms with Crippen LogP contribution in [0.25, 0.3) is 0 Å². The largest absolute Gasteiger partial charge is 0.159 e. The topological polar surface area (TPSA) is 25.8 Å². The van der Waals surface area contributed by atoms with Gasteiger partial charge in [-0.15, -0.1) is 0 Å². The molecule has 0 N–H and O–H groups in total. The fourth-order valence-electron chi connectivity index (χ4n) is 2.04. The smallest absolute Gasteiger partial charge is 0.0633 e. The number of aromatic nitrogens is 2. The molecule has 1 aromatic rings. The van der Waals surface area contributed by atoms with Gasteiger partial charge in [0.2, 0.25) is 0 Å². The third-order valence-corrected chi connectivity index (χ3v) is 3.01. The van der Waals surface area contributed by atoms with E-state index in [1.165, 1.54) is 43.4 Å². The maximum Gasteiger partial charge on any atom is 0.0633 e. The van der Waals surface area contributed by atoms with Crippen molar-refractivity contribution in [2.45, 2.75) is 65.7 Å². The summed E-state index contributed by atoms with van der Waals surface area (Å²) in [5.74, 6) is 0.836. The quantitative estimate of drug-likeness (QED) is 0.630. The normalized spacial score (nSPS) is 11.1. The maximum atomic E-state index is 4.20. The van der Waals surface area contributed by atoms with Gasteiger partial charge in [-0.05, 0) is 36.8 Å². The van der Waals surface area contributed by atoms with Gasteiger partial charge < -0.3 is 0 Å². The van der Waals surface area contributed by atoms with Crippen LogP contribution in [-0.2, 0) is 12.8 Å². The van der Waals surface area contributed by atoms with E-state index in [-0.39, 0.29) is 0 Å². The molecule has 1 rings (SSSR count). The Bertz CT molecular complexity index is 308. The Balaban J connectivity index is 2.24. The standard InChI is InChI=1S/C15H26N2/c1-4-8-14-11-15(17-16-12-14)10-7-5-6-9-13(2)3/h11-13H,4-10H2,1-3H3. The van der Waals surface area contributed by atoms with Crippen molar-refractivity contribution < 1.29 is 0 Å². The van der Waals surface area contributed by atoms with Gasteiger partial charge in [0.25, 0.3) is 0 Å². The lowest BCUT2D eigenvalue weighted by molar-refractivity contribution is 0.525. The molecule has 0 aliphatic carbocycles. The molecule has 0 bridgehead atoms. The highest BCUT2D eigenvalue weighted by atomic mass is 15.1. The van der Waals surface area contributed by atoms with Crippen LogP contribution in [0.2, 0.25) is 0 Å². The third-order valence-electron chi connectivity index (χ3n) is 3.01. The predicted octanol–water partition coefficient (Wildman–Crippen LogP) is 4.19. The van der Waals surface area contributed by atoms with E-state index in [1.54, 1.807) is 0 Å². The molecule has 1 aromatic heterocycles. The van der Waals surface area contributed by atoms with Crippen molar-refractivity contribution in [2.24, 2.45) is 5.92 Å². The minimum absolute atomic E-state index is 0.836. The molecular formula is C15H26N2. The van der Waals surface area contributed by atoms with Gasteiger partial charge in [0, 0.05) is 0 Å². The summed E-state index contributed by atoms with van der Waals surface area (Å²) in [5.41, 5.74) is 2.50. The van der Waals surface area contributed by atoms with Crippen molar-refractivity contribution in [1.82, 2.24) is 10.2 Å². The first-order valence-corrected chi connectivity index (χ1v) is 7.02. The molecule has 2 nitrogen and oxygen atoms in total. The molecule has 0 unspecified atom stereocenters. The molecule has 0 aromatic carbocycles. The fraction of sp³-hybridized carbons (Fsp3) is 0.733. The van der Waals surface area contributed by atoms with E-state index >= 15 is 0 Å². The minimum Gasteiger partial charge on any atom is -0.159 e. The summed E-state index contributed by atoms with van der Waals surface area (Å²) in [6.45, 7) is 6.78. The second-order valence-electron chi connectivity index (χ2n) is 5.30. The van der Waals surface area contributed by atoms with Crippen LogP contribution in [-0.4, -0.2) is 10.2 Å². The molecule has 0 saturated heterocycles. The summed E-state index contributed by atoms with van der Waals surface area (Å²) in [6.07, 6.45) is 10.5. The molecule has 1 heterocycles. The SMILES string of the molecule is CCCc1cnnc(CCCCCC(C)C)c1. The van der Waals surface area contributed by atoms with Gasteiger partial charge in [-0.2, -0.15) is 10.2 Å². The molecule has 0 fully saturated rings. The zero-order valence-electron chi connectivity index (χ0n) is 11.6. The van der Waals surface area contributed by atoms with E-state index in [2.05, 4.69) is 37.0 Å². The molecule has 96 valence electrons. The Kier molecular flexibility index (Phi) is 6.83. The van der Waals surface area contributed by atoms with E-state index in [0.717, 1.165) is 18.8 Å². The first-order chi connectivity index (χ1) is 8.22. The van der Waals surface area contributed by atoms with Crippen LogP contribution in [0.4, 0.5) is 0 Å². The van der Waals surface area contributed by atoms with Crippen LogP contribution in [0.1, 0.15) is 64.1 Å². The van der Waals surface area contributed by atoms with Crippen molar-refractivity contribution in [2.75, 3.05) is 0 Å². The van der Waals surface area contributed by atoms with Gasteiger partial charge in [-0.3, -0.25) is 0 Å². The molecule has 0 spiro atoms. The monoisotopic (exact) mass is 234 g/mol. The van der Waals surface area contributed by atoms with E-state index in [1.807, 2.05) is 6.20 Å². The molecule has 0 aliphatic heterocycles. The van der Waals surface area contributed by atoms with E-state index < -0.39 is 0 Å². The van der Waals surface area contributed by atoms with Gasteiger partial charge in [0.1, 0.15) is 0 Å². The predicted molar refractivity (Wildman–Crippen MR) is 73.0 cm³/mol. The van der Waals surface area contributed by atoms with Crippen LogP contribution in [0.3, 0.4) is 0 Å². The fourth-order valence-corrected chi connectivity index (χ4v) is 2.04. The maximum absolute atomic E-state index is 4.20. The molecule has 2 heteroatoms. The summed E-state index contributed by atoms with van der Waals surface area (Å²) in [7, 11) is 0. The molecule has 17 heavy (non-hydrogen) atoms. The van der Waals surface area contributed by atoms with Crippen LogP contribution in [0.15, 0.2) is 12.3 Å². The van der Waals surface area contributed by atoms with Gasteiger partial charge in [-0.25, -0.2) is 0 Å². The molecule has 0 saturated carbocycles. The summed E-state index contributed by atoms with van der Waals surface area (Å²) >= 11 is 0. The van der Waals surface area contributed by atoms with Gasteiger partial charge in [-0.1, -0.05) is 46.5 Å². The van der Waals surface area contributed by atoms with E-state index in [4.69, 9.17) is 0 Å². The van der Waals surface area contributed by atoms with Gasteiger partial charge in [0.05, 0.1) is 11.9 Å². The Morgan fingerprint density at radius 1 is 1.12 bits per heavy atom. The van der Waals surface area contributed by atoms with E-state index in [9.17, 15) is 0 Å². The third kappa shape index (κ3) is 6.40. The lowest BCUT2D eigenvalue weighted by atomic mass is 10.0. The van der Waals surface area contributed by atoms with Crippen molar-refractivity contribution in [1.29, 1.82) is 0 Å². The van der Waals surface area contributed by atoms with Crippen LogP contribution >= 0.6 is 0 Å². The number of hydrogen-bond acceptors (Lipinski definition) is 2. The molecule has 0 atom stereocenters. The first kappa shape index (κ1) is 14.1. The average Bonchev–Trinajstić information content (AvgIpc) is 2.29. The molecule has 0 aliphatic rings. The number of unbranched alkanes of at least 4 members (excludes halogenated alkanes) is 2. The zero-order chi connectivity index (χ0) is 12.5. The highest BCUT2D eigenvalue weighted by Gasteiger charge is 1.99. The average molecular weight is 234 g/mol. The summed E-state index contributed by atoms with van der Waals surface area (Å²) in [5, 5.41) is 8.28. The molecule has 0 amide bonds. The van der Waals surface area contributed by atoms with Crippen LogP contribution in [0, 0.1) is 5.92 Å².